The minimum Gasteiger partial charge on any atom is -0.459 e. The van der Waals surface area contributed by atoms with Crippen LogP contribution in [0.3, 0.4) is 0 Å². The van der Waals surface area contributed by atoms with E-state index in [1.54, 1.807) is 48.5 Å². The summed E-state index contributed by atoms with van der Waals surface area (Å²) in [6.45, 7) is 17.1. The molecule has 3 fully saturated rings. The number of aliphatic hydroxyl groups is 4. The van der Waals surface area contributed by atoms with Crippen LogP contribution in [0, 0.1) is 23.7 Å². The zero-order valence-corrected chi connectivity index (χ0v) is 33.9. The normalized spacial score (nSPS) is 49.0. The van der Waals surface area contributed by atoms with Crippen LogP contribution in [0.25, 0.3) is 0 Å². The smallest absolute Gasteiger partial charge is 0.311 e. The van der Waals surface area contributed by atoms with Gasteiger partial charge < -0.3 is 58.5 Å². The van der Waals surface area contributed by atoms with E-state index in [4.69, 9.17) is 33.2 Å². The molecule has 18 atom stereocenters. The van der Waals surface area contributed by atoms with Gasteiger partial charge in [-0.15, -0.1) is 0 Å². The number of carbonyl (C=O) groups is 2. The minimum absolute atomic E-state index is 0.111. The number of aliphatic hydroxyl groups excluding tert-OH is 3. The maximum atomic E-state index is 14.2. The van der Waals surface area contributed by atoms with Gasteiger partial charge in [0.05, 0.1) is 47.6 Å². The molecule has 0 spiro atoms. The molecule has 0 aromatic carbocycles. The molecule has 0 aromatic heterocycles. The van der Waals surface area contributed by atoms with Crippen molar-refractivity contribution in [3.05, 3.63) is 0 Å². The summed E-state index contributed by atoms with van der Waals surface area (Å²) in [6.07, 6.45) is -8.73. The highest BCUT2D eigenvalue weighted by atomic mass is 16.7. The molecule has 3 aliphatic heterocycles. The third kappa shape index (κ3) is 9.38. The second-order valence-electron chi connectivity index (χ2n) is 16.6. The van der Waals surface area contributed by atoms with Gasteiger partial charge >= 0.3 is 5.97 Å². The lowest BCUT2D eigenvalue weighted by atomic mass is 9.74. The number of hydrogen-bond acceptors (Lipinski definition) is 14. The highest BCUT2D eigenvalue weighted by Gasteiger charge is 2.54. The summed E-state index contributed by atoms with van der Waals surface area (Å²) in [7, 11) is 6.77. The molecule has 4 N–H and O–H groups in total. The van der Waals surface area contributed by atoms with E-state index in [1.165, 1.54) is 21.1 Å². The number of rotatable bonds is 8. The fourth-order valence-corrected chi connectivity index (χ4v) is 8.58. The summed E-state index contributed by atoms with van der Waals surface area (Å²) in [5, 5.41) is 45.6. The SMILES string of the molecule is CC[C@H]1OC(=O)[C@H](C)[C@@H](O[C@H]2CC(C)(OC)[C@@H](O)C(C)O2)[C@H](C)[C@@H](O[C@@H]2O[C@H](C)CC(N(C)C)C2O)[C@](C)(OC)C[C@@H](C)C(=O)[C@H](C)[C@@H](O)[C@]1(C)O. The minimum atomic E-state index is -1.96. The highest BCUT2D eigenvalue weighted by Crippen LogP contribution is 2.41. The maximum absolute atomic E-state index is 14.2. The summed E-state index contributed by atoms with van der Waals surface area (Å²) in [5.41, 5.74) is -4.24. The summed E-state index contributed by atoms with van der Waals surface area (Å²) < 4.78 is 43.9. The Morgan fingerprint density at radius 3 is 1.98 bits per heavy atom. The molecule has 0 aliphatic carbocycles. The lowest BCUT2D eigenvalue weighted by Gasteiger charge is -2.50. The molecule has 52 heavy (non-hydrogen) atoms. The van der Waals surface area contributed by atoms with Gasteiger partial charge in [-0.3, -0.25) is 9.59 Å². The number of ether oxygens (including phenoxy) is 7. The number of methoxy groups -OCH3 is 2. The lowest BCUT2D eigenvalue weighted by Crippen LogP contribution is -2.61. The highest BCUT2D eigenvalue weighted by molar-refractivity contribution is 5.83. The molecule has 4 unspecified atom stereocenters. The first-order valence-corrected chi connectivity index (χ1v) is 18.9. The number of nitrogens with zero attached hydrogens (tertiary/aromatic N) is 1. The summed E-state index contributed by atoms with van der Waals surface area (Å²) in [5.74, 6) is -4.47. The predicted octanol–water partition coefficient (Wildman–Crippen LogP) is 2.44. The van der Waals surface area contributed by atoms with E-state index in [0.717, 1.165) is 0 Å². The number of ketones is 1. The van der Waals surface area contributed by atoms with E-state index in [-0.39, 0.29) is 37.2 Å². The Labute approximate surface area is 310 Å². The Morgan fingerprint density at radius 1 is 0.846 bits per heavy atom. The number of Topliss-reactive ketones (excluding diaryl/α,β-unsaturated/α-hetero) is 1. The molecule has 0 saturated carbocycles. The quantitative estimate of drug-likeness (QED) is 0.266. The van der Waals surface area contributed by atoms with Crippen LogP contribution in [0.15, 0.2) is 0 Å². The zero-order valence-electron chi connectivity index (χ0n) is 33.9. The Balaban J connectivity index is 2.22. The summed E-state index contributed by atoms with van der Waals surface area (Å²) in [6, 6.07) is -0.283. The molecular formula is C38H69NO13. The van der Waals surface area contributed by atoms with Crippen LogP contribution in [0.5, 0.6) is 0 Å². The first-order chi connectivity index (χ1) is 24.0. The van der Waals surface area contributed by atoms with Gasteiger partial charge in [0.2, 0.25) is 0 Å². The van der Waals surface area contributed by atoms with Crippen LogP contribution in [-0.2, 0) is 42.7 Å². The van der Waals surface area contributed by atoms with Crippen molar-refractivity contribution < 1.29 is 63.2 Å². The van der Waals surface area contributed by atoms with Crippen LogP contribution >= 0.6 is 0 Å². The molecular weight excluding hydrogens is 678 g/mol. The van der Waals surface area contributed by atoms with Crippen LogP contribution < -0.4 is 0 Å². The van der Waals surface area contributed by atoms with Crippen LogP contribution in [-0.4, -0.2) is 150 Å². The first-order valence-electron chi connectivity index (χ1n) is 18.9. The van der Waals surface area contributed by atoms with Crippen molar-refractivity contribution in [3.8, 4) is 0 Å². The summed E-state index contributed by atoms with van der Waals surface area (Å²) >= 11 is 0. The van der Waals surface area contributed by atoms with Crippen LogP contribution in [0.4, 0.5) is 0 Å². The van der Waals surface area contributed by atoms with Crippen molar-refractivity contribution in [2.24, 2.45) is 23.7 Å². The molecule has 14 nitrogen and oxygen atoms in total. The summed E-state index contributed by atoms with van der Waals surface area (Å²) in [4.78, 5) is 30.1. The Morgan fingerprint density at radius 2 is 1.44 bits per heavy atom. The van der Waals surface area contributed by atoms with Gasteiger partial charge in [0.15, 0.2) is 12.6 Å². The standard InChI is InChI=1S/C38H69NO13/c1-15-26-38(10,45)31(42)21(4)28(40)19(2)17-37(9,47-14)33(52-35-29(41)25(39(11)12)16-20(3)48-35)22(5)30(23(6)34(44)50-26)51-27-18-36(8,46-13)32(43)24(7)49-27/h19-27,29-33,35,41-43,45H,15-18H2,1-14H3/t19-,20-,21+,22+,23-,24?,25?,26-,27+,29?,30+,31-,32+,33-,35+,36?,37-,38-/m1/s1. The van der Waals surface area contributed by atoms with E-state index < -0.39 is 102 Å². The topological polar surface area (TPSA) is 183 Å². The average molecular weight is 748 g/mol. The van der Waals surface area contributed by atoms with Crippen molar-refractivity contribution in [2.45, 2.75) is 179 Å². The van der Waals surface area contributed by atoms with Gasteiger partial charge in [0.25, 0.3) is 0 Å². The van der Waals surface area contributed by atoms with E-state index in [9.17, 15) is 30.0 Å². The molecule has 0 aromatic rings. The van der Waals surface area contributed by atoms with Gasteiger partial charge in [-0.1, -0.05) is 27.7 Å². The van der Waals surface area contributed by atoms with Gasteiger partial charge in [0.1, 0.15) is 29.7 Å². The maximum Gasteiger partial charge on any atom is 0.311 e. The fourth-order valence-electron chi connectivity index (χ4n) is 8.58. The predicted molar refractivity (Wildman–Crippen MR) is 191 cm³/mol. The van der Waals surface area contributed by atoms with Crippen molar-refractivity contribution >= 4 is 11.8 Å². The number of likely N-dealkylation sites (N-methyl/N-ethyl adjacent to an activating group) is 1. The van der Waals surface area contributed by atoms with Gasteiger partial charge in [-0.05, 0) is 74.9 Å². The Hall–Kier alpha value is -1.30. The Bertz CT molecular complexity index is 1190. The molecule has 14 heteroatoms. The molecule has 0 bridgehead atoms. The molecule has 0 amide bonds. The van der Waals surface area contributed by atoms with Crippen molar-refractivity contribution in [3.63, 3.8) is 0 Å². The zero-order chi connectivity index (χ0) is 39.7. The first kappa shape index (κ1) is 45.1. The third-order valence-corrected chi connectivity index (χ3v) is 12.3. The third-order valence-electron chi connectivity index (χ3n) is 12.3. The van der Waals surface area contributed by atoms with E-state index in [2.05, 4.69) is 0 Å². The van der Waals surface area contributed by atoms with Crippen LogP contribution in [0.2, 0.25) is 0 Å². The molecule has 3 saturated heterocycles. The van der Waals surface area contributed by atoms with Gasteiger partial charge in [-0.25, -0.2) is 0 Å². The molecule has 0 radical (unpaired) electrons. The molecule has 304 valence electrons. The average Bonchev–Trinajstić information content (AvgIpc) is 3.09. The van der Waals surface area contributed by atoms with Gasteiger partial charge in [-0.2, -0.15) is 0 Å². The second kappa shape index (κ2) is 17.7. The number of hydrogen-bond donors (Lipinski definition) is 4. The molecule has 3 rings (SSSR count). The van der Waals surface area contributed by atoms with Crippen molar-refractivity contribution in [1.82, 2.24) is 4.90 Å². The molecule has 3 heterocycles. The monoisotopic (exact) mass is 747 g/mol. The van der Waals surface area contributed by atoms with Crippen molar-refractivity contribution in [2.75, 3.05) is 28.3 Å². The molecule has 3 aliphatic rings. The van der Waals surface area contributed by atoms with E-state index in [0.29, 0.717) is 6.42 Å². The number of esters is 1. The van der Waals surface area contributed by atoms with Gasteiger partial charge in [0, 0.05) is 44.4 Å². The second-order valence-corrected chi connectivity index (χ2v) is 16.6. The van der Waals surface area contributed by atoms with Crippen molar-refractivity contribution in [1.29, 1.82) is 0 Å². The fraction of sp³-hybridized carbons (Fsp3) is 0.947. The van der Waals surface area contributed by atoms with Crippen LogP contribution in [0.1, 0.15) is 94.9 Å². The largest absolute Gasteiger partial charge is 0.459 e. The van der Waals surface area contributed by atoms with E-state index in [1.807, 2.05) is 32.8 Å². The van der Waals surface area contributed by atoms with E-state index >= 15 is 0 Å². The Kier molecular flexibility index (Phi) is 15.3. The number of carbonyl (C=O) groups excluding carboxylic acids is 2. The number of cyclic esters (lactones) is 1. The lowest BCUT2D eigenvalue weighted by molar-refractivity contribution is -0.319.